The van der Waals surface area contributed by atoms with Crippen LogP contribution in [0.25, 0.3) is 0 Å². The van der Waals surface area contributed by atoms with E-state index in [9.17, 15) is 13.2 Å². The summed E-state index contributed by atoms with van der Waals surface area (Å²) in [5.41, 5.74) is -0.0354. The molecule has 6 heteroatoms. The number of rotatable bonds is 2. The van der Waals surface area contributed by atoms with E-state index in [1.165, 1.54) is 0 Å². The SMILES string of the molecule is N=Cc1cc(OC(F)(F)F)ccc1O. The highest BCUT2D eigenvalue weighted by atomic mass is 19.4. The van der Waals surface area contributed by atoms with Gasteiger partial charge in [-0.2, -0.15) is 0 Å². The van der Waals surface area contributed by atoms with Crippen LogP contribution in [0.4, 0.5) is 13.2 Å². The van der Waals surface area contributed by atoms with Gasteiger partial charge in [0.2, 0.25) is 0 Å². The number of aromatic hydroxyl groups is 1. The summed E-state index contributed by atoms with van der Waals surface area (Å²) in [6, 6.07) is 2.92. The Morgan fingerprint density at radius 3 is 2.50 bits per heavy atom. The van der Waals surface area contributed by atoms with Crippen LogP contribution in [0.2, 0.25) is 0 Å². The van der Waals surface area contributed by atoms with Crippen molar-refractivity contribution in [1.29, 1.82) is 5.41 Å². The van der Waals surface area contributed by atoms with Crippen molar-refractivity contribution in [3.8, 4) is 11.5 Å². The summed E-state index contributed by atoms with van der Waals surface area (Å²) in [7, 11) is 0. The van der Waals surface area contributed by atoms with Crippen LogP contribution in [0.1, 0.15) is 5.56 Å². The first-order valence-electron chi connectivity index (χ1n) is 3.51. The molecule has 0 saturated carbocycles. The second kappa shape index (κ2) is 3.57. The second-order valence-corrected chi connectivity index (χ2v) is 2.41. The fraction of sp³-hybridized carbons (Fsp3) is 0.125. The number of phenolic OH excluding ortho intramolecular Hbond substituents is 1. The largest absolute Gasteiger partial charge is 0.573 e. The molecule has 14 heavy (non-hydrogen) atoms. The summed E-state index contributed by atoms with van der Waals surface area (Å²) in [5, 5.41) is 15.8. The highest BCUT2D eigenvalue weighted by Gasteiger charge is 2.31. The van der Waals surface area contributed by atoms with E-state index in [0.29, 0.717) is 0 Å². The van der Waals surface area contributed by atoms with Gasteiger partial charge in [-0.3, -0.25) is 0 Å². The van der Waals surface area contributed by atoms with Gasteiger partial charge in [-0.05, 0) is 18.2 Å². The van der Waals surface area contributed by atoms with Crippen LogP contribution in [0.3, 0.4) is 0 Å². The first-order chi connectivity index (χ1) is 6.42. The lowest BCUT2D eigenvalue weighted by molar-refractivity contribution is -0.274. The molecule has 1 rings (SSSR count). The van der Waals surface area contributed by atoms with E-state index in [2.05, 4.69) is 4.74 Å². The normalized spacial score (nSPS) is 11.1. The lowest BCUT2D eigenvalue weighted by atomic mass is 10.2. The van der Waals surface area contributed by atoms with E-state index in [1.54, 1.807) is 0 Å². The maximum absolute atomic E-state index is 11.7. The van der Waals surface area contributed by atoms with Gasteiger partial charge >= 0.3 is 6.36 Å². The number of hydrogen-bond acceptors (Lipinski definition) is 3. The third-order valence-electron chi connectivity index (χ3n) is 1.39. The third-order valence-corrected chi connectivity index (χ3v) is 1.39. The van der Waals surface area contributed by atoms with Crippen LogP contribution in [0.15, 0.2) is 18.2 Å². The molecule has 2 N–H and O–H groups in total. The number of phenols is 1. The molecule has 0 heterocycles. The number of ether oxygens (including phenoxy) is 1. The van der Waals surface area contributed by atoms with Crippen LogP contribution in [0, 0.1) is 5.41 Å². The number of benzene rings is 1. The number of alkyl halides is 3. The van der Waals surface area contributed by atoms with Crippen molar-refractivity contribution >= 4 is 6.21 Å². The number of halogens is 3. The summed E-state index contributed by atoms with van der Waals surface area (Å²) in [6.45, 7) is 0. The molecule has 0 aliphatic carbocycles. The summed E-state index contributed by atoms with van der Waals surface area (Å²) in [6.07, 6.45) is -4.03. The van der Waals surface area contributed by atoms with Gasteiger partial charge in [0.1, 0.15) is 11.5 Å². The van der Waals surface area contributed by atoms with Crippen molar-refractivity contribution in [2.45, 2.75) is 6.36 Å². The predicted octanol–water partition coefficient (Wildman–Crippen LogP) is 2.29. The molecule has 0 saturated heterocycles. The first kappa shape index (κ1) is 10.4. The van der Waals surface area contributed by atoms with Crippen molar-refractivity contribution < 1.29 is 23.0 Å². The molecule has 1 aromatic rings. The average Bonchev–Trinajstić information content (AvgIpc) is 2.06. The summed E-state index contributed by atoms with van der Waals surface area (Å²) in [4.78, 5) is 0. The Morgan fingerprint density at radius 2 is 2.00 bits per heavy atom. The maximum Gasteiger partial charge on any atom is 0.573 e. The zero-order valence-corrected chi connectivity index (χ0v) is 6.80. The van der Waals surface area contributed by atoms with E-state index in [-0.39, 0.29) is 11.3 Å². The van der Waals surface area contributed by atoms with E-state index in [1.807, 2.05) is 0 Å². The van der Waals surface area contributed by atoms with Gasteiger partial charge in [-0.15, -0.1) is 13.2 Å². The van der Waals surface area contributed by atoms with Crippen LogP contribution < -0.4 is 4.74 Å². The van der Waals surface area contributed by atoms with Gasteiger partial charge < -0.3 is 15.3 Å². The molecule has 0 bridgehead atoms. The van der Waals surface area contributed by atoms with Gasteiger partial charge in [0, 0.05) is 11.8 Å². The summed E-state index contributed by atoms with van der Waals surface area (Å²) < 4.78 is 38.8. The van der Waals surface area contributed by atoms with Gasteiger partial charge in [0.15, 0.2) is 0 Å². The van der Waals surface area contributed by atoms with Crippen LogP contribution in [-0.4, -0.2) is 17.7 Å². The monoisotopic (exact) mass is 205 g/mol. The molecule has 0 unspecified atom stereocenters. The van der Waals surface area contributed by atoms with E-state index >= 15 is 0 Å². The molecule has 76 valence electrons. The van der Waals surface area contributed by atoms with Gasteiger partial charge in [-0.1, -0.05) is 0 Å². The molecule has 0 aromatic heterocycles. The Kier molecular flexibility index (Phi) is 2.64. The standard InChI is InChI=1S/C8H6F3NO2/c9-8(10,11)14-6-1-2-7(13)5(3-6)4-12/h1-4,12-13H. The highest BCUT2D eigenvalue weighted by molar-refractivity contribution is 5.81. The van der Waals surface area contributed by atoms with Gasteiger partial charge in [-0.25, -0.2) is 0 Å². The minimum atomic E-state index is -4.77. The molecule has 0 radical (unpaired) electrons. The fourth-order valence-electron chi connectivity index (χ4n) is 0.845. The average molecular weight is 205 g/mol. The Balaban J connectivity index is 2.95. The minimum Gasteiger partial charge on any atom is -0.507 e. The number of nitrogens with one attached hydrogen (secondary N) is 1. The quantitative estimate of drug-likeness (QED) is 0.727. The highest BCUT2D eigenvalue weighted by Crippen LogP contribution is 2.26. The Labute approximate surface area is 77.3 Å². The molecule has 0 fully saturated rings. The lowest BCUT2D eigenvalue weighted by Crippen LogP contribution is -2.17. The van der Waals surface area contributed by atoms with Gasteiger partial charge in [0.05, 0.1) is 0 Å². The van der Waals surface area contributed by atoms with Crippen molar-refractivity contribution in [3.63, 3.8) is 0 Å². The Morgan fingerprint density at radius 1 is 1.36 bits per heavy atom. The molecule has 1 aromatic carbocycles. The topological polar surface area (TPSA) is 53.3 Å². The Hall–Kier alpha value is -1.72. The molecular formula is C8H6F3NO2. The van der Waals surface area contributed by atoms with E-state index in [0.717, 1.165) is 24.4 Å². The molecule has 0 atom stereocenters. The zero-order chi connectivity index (χ0) is 10.8. The molecule has 0 spiro atoms. The molecule has 0 aliphatic heterocycles. The van der Waals surface area contributed by atoms with Crippen molar-refractivity contribution in [2.75, 3.05) is 0 Å². The van der Waals surface area contributed by atoms with E-state index < -0.39 is 12.1 Å². The molecule has 3 nitrogen and oxygen atoms in total. The van der Waals surface area contributed by atoms with E-state index in [4.69, 9.17) is 10.5 Å². The van der Waals surface area contributed by atoms with Crippen LogP contribution in [-0.2, 0) is 0 Å². The Bertz CT molecular complexity index is 349. The maximum atomic E-state index is 11.7. The lowest BCUT2D eigenvalue weighted by Gasteiger charge is -2.09. The van der Waals surface area contributed by atoms with Crippen LogP contribution >= 0.6 is 0 Å². The van der Waals surface area contributed by atoms with Gasteiger partial charge in [0.25, 0.3) is 0 Å². The summed E-state index contributed by atoms with van der Waals surface area (Å²) in [5.74, 6) is -0.733. The number of hydrogen-bond donors (Lipinski definition) is 2. The van der Waals surface area contributed by atoms with Crippen molar-refractivity contribution in [1.82, 2.24) is 0 Å². The zero-order valence-electron chi connectivity index (χ0n) is 6.80. The van der Waals surface area contributed by atoms with Crippen molar-refractivity contribution in [2.24, 2.45) is 0 Å². The molecule has 0 amide bonds. The fourth-order valence-corrected chi connectivity index (χ4v) is 0.845. The first-order valence-corrected chi connectivity index (χ1v) is 3.51. The smallest absolute Gasteiger partial charge is 0.507 e. The minimum absolute atomic E-state index is 0.0354. The molecule has 0 aliphatic rings. The second-order valence-electron chi connectivity index (χ2n) is 2.41. The van der Waals surface area contributed by atoms with Crippen molar-refractivity contribution in [3.05, 3.63) is 23.8 Å². The van der Waals surface area contributed by atoms with Crippen LogP contribution in [0.5, 0.6) is 11.5 Å². The predicted molar refractivity (Wildman–Crippen MR) is 42.7 cm³/mol. The summed E-state index contributed by atoms with van der Waals surface area (Å²) >= 11 is 0. The molecular weight excluding hydrogens is 199 g/mol. The third kappa shape index (κ3) is 2.65.